The number of esters is 1. The van der Waals surface area contributed by atoms with Crippen molar-refractivity contribution in [2.75, 3.05) is 29.9 Å². The fourth-order valence-corrected chi connectivity index (χ4v) is 3.53. The van der Waals surface area contributed by atoms with Gasteiger partial charge in [0, 0.05) is 25.2 Å². The third-order valence-electron chi connectivity index (χ3n) is 4.42. The molecule has 1 aliphatic rings. The van der Waals surface area contributed by atoms with Crippen molar-refractivity contribution in [1.29, 1.82) is 0 Å². The van der Waals surface area contributed by atoms with Crippen LogP contribution in [0.4, 0.5) is 17.1 Å². The van der Waals surface area contributed by atoms with Crippen LogP contribution in [-0.2, 0) is 9.53 Å². The molecule has 2 aromatic carbocycles. The maximum Gasteiger partial charge on any atom is 0.341 e. The Kier molecular flexibility index (Phi) is 6.56. The Balaban J connectivity index is 1.73. The van der Waals surface area contributed by atoms with Crippen LogP contribution in [0.25, 0.3) is 0 Å². The number of nitrogens with one attached hydrogen (secondary N) is 1. The van der Waals surface area contributed by atoms with Crippen LogP contribution >= 0.6 is 23.2 Å². The predicted octanol–water partition coefficient (Wildman–Crippen LogP) is 4.30. The molecule has 10 heteroatoms. The van der Waals surface area contributed by atoms with Crippen molar-refractivity contribution in [3.63, 3.8) is 0 Å². The normalized spacial score (nSPS) is 13.2. The van der Waals surface area contributed by atoms with Gasteiger partial charge in [-0.2, -0.15) is 0 Å². The van der Waals surface area contributed by atoms with Crippen LogP contribution in [0.1, 0.15) is 23.2 Å². The number of non-ortho nitro benzene ring substituents is 1. The lowest BCUT2D eigenvalue weighted by molar-refractivity contribution is -0.384. The molecule has 0 radical (unpaired) electrons. The van der Waals surface area contributed by atoms with Crippen molar-refractivity contribution in [1.82, 2.24) is 0 Å². The van der Waals surface area contributed by atoms with Gasteiger partial charge in [0.05, 0.1) is 31.9 Å². The number of benzene rings is 2. The Labute approximate surface area is 176 Å². The maximum atomic E-state index is 12.6. The highest BCUT2D eigenvalue weighted by Crippen LogP contribution is 2.30. The van der Waals surface area contributed by atoms with E-state index in [0.717, 1.165) is 25.9 Å². The number of carbonyl (C=O) groups is 2. The summed E-state index contributed by atoms with van der Waals surface area (Å²) in [5.41, 5.74) is 0.578. The number of nitro groups is 1. The maximum absolute atomic E-state index is 12.6. The Hall–Kier alpha value is -2.84. The molecule has 1 aliphatic heterocycles. The van der Waals surface area contributed by atoms with E-state index in [4.69, 9.17) is 27.9 Å². The van der Waals surface area contributed by atoms with Crippen molar-refractivity contribution in [2.45, 2.75) is 12.8 Å². The zero-order chi connectivity index (χ0) is 21.0. The summed E-state index contributed by atoms with van der Waals surface area (Å²) in [6, 6.07) is 8.78. The second kappa shape index (κ2) is 9.11. The Morgan fingerprint density at radius 2 is 1.79 bits per heavy atom. The van der Waals surface area contributed by atoms with Crippen molar-refractivity contribution in [2.24, 2.45) is 0 Å². The topological polar surface area (TPSA) is 102 Å². The SMILES string of the molecule is O=C(COC(=O)c1cc([N+](=O)[O-])ccc1N1CCCC1)Nc1c(Cl)cccc1Cl. The average molecular weight is 438 g/mol. The van der Waals surface area contributed by atoms with Gasteiger partial charge in [0.1, 0.15) is 0 Å². The van der Waals surface area contributed by atoms with Crippen molar-refractivity contribution < 1.29 is 19.2 Å². The fourth-order valence-electron chi connectivity index (χ4n) is 3.04. The van der Waals surface area contributed by atoms with Crippen molar-refractivity contribution in [3.05, 3.63) is 62.1 Å². The minimum Gasteiger partial charge on any atom is -0.452 e. The van der Waals surface area contributed by atoms with E-state index in [1.807, 2.05) is 4.90 Å². The third-order valence-corrected chi connectivity index (χ3v) is 5.05. The second-order valence-corrected chi connectivity index (χ2v) is 7.19. The van der Waals surface area contributed by atoms with Crippen LogP contribution < -0.4 is 10.2 Å². The zero-order valence-corrected chi connectivity index (χ0v) is 16.7. The molecule has 1 saturated heterocycles. The van der Waals surface area contributed by atoms with Gasteiger partial charge >= 0.3 is 5.97 Å². The Bertz CT molecular complexity index is 941. The largest absolute Gasteiger partial charge is 0.452 e. The predicted molar refractivity (Wildman–Crippen MR) is 110 cm³/mol. The Morgan fingerprint density at radius 3 is 2.41 bits per heavy atom. The van der Waals surface area contributed by atoms with E-state index < -0.39 is 23.4 Å². The van der Waals surface area contributed by atoms with E-state index in [2.05, 4.69) is 5.32 Å². The number of amides is 1. The molecule has 1 N–H and O–H groups in total. The molecule has 152 valence electrons. The number of carbonyl (C=O) groups excluding carboxylic acids is 2. The molecular formula is C19H17Cl2N3O5. The van der Waals surface area contributed by atoms with Gasteiger partial charge in [-0.1, -0.05) is 29.3 Å². The van der Waals surface area contributed by atoms with Crippen LogP contribution in [0.15, 0.2) is 36.4 Å². The van der Waals surface area contributed by atoms with Crippen molar-refractivity contribution in [3.8, 4) is 0 Å². The molecule has 1 amide bonds. The lowest BCUT2D eigenvalue weighted by atomic mass is 10.1. The second-order valence-electron chi connectivity index (χ2n) is 6.37. The molecule has 0 atom stereocenters. The highest BCUT2D eigenvalue weighted by Gasteiger charge is 2.24. The standard InChI is InChI=1S/C19H17Cl2N3O5/c20-14-4-3-5-15(21)18(14)22-17(25)11-29-19(26)13-10-12(24(27)28)6-7-16(13)23-8-1-2-9-23/h3-7,10H,1-2,8-9,11H2,(H,22,25). The van der Waals surface area contributed by atoms with Crippen LogP contribution in [0.5, 0.6) is 0 Å². The molecular weight excluding hydrogens is 421 g/mol. The van der Waals surface area contributed by atoms with E-state index in [1.165, 1.54) is 18.2 Å². The summed E-state index contributed by atoms with van der Waals surface area (Å²) in [6.45, 7) is 0.885. The molecule has 29 heavy (non-hydrogen) atoms. The number of nitro benzene ring substituents is 1. The van der Waals surface area contributed by atoms with Crippen LogP contribution in [0.3, 0.4) is 0 Å². The summed E-state index contributed by atoms with van der Waals surface area (Å²) < 4.78 is 5.09. The van der Waals surface area contributed by atoms with E-state index in [1.54, 1.807) is 18.2 Å². The lowest BCUT2D eigenvalue weighted by Gasteiger charge is -2.20. The molecule has 3 rings (SSSR count). The summed E-state index contributed by atoms with van der Waals surface area (Å²) in [5.74, 6) is -1.46. The van der Waals surface area contributed by atoms with Gasteiger partial charge in [-0.3, -0.25) is 14.9 Å². The van der Waals surface area contributed by atoms with Crippen LogP contribution in [0.2, 0.25) is 10.0 Å². The molecule has 0 saturated carbocycles. The molecule has 1 fully saturated rings. The Morgan fingerprint density at radius 1 is 1.14 bits per heavy atom. The molecule has 8 nitrogen and oxygen atoms in total. The molecule has 0 bridgehead atoms. The highest BCUT2D eigenvalue weighted by molar-refractivity contribution is 6.39. The number of hydrogen-bond donors (Lipinski definition) is 1. The zero-order valence-electron chi connectivity index (χ0n) is 15.2. The summed E-state index contributed by atoms with van der Waals surface area (Å²) in [6.07, 6.45) is 1.93. The average Bonchev–Trinajstić information content (AvgIpc) is 3.23. The number of anilines is 2. The van der Waals surface area contributed by atoms with E-state index >= 15 is 0 Å². The monoisotopic (exact) mass is 437 g/mol. The minimum atomic E-state index is -0.823. The first kappa shape index (κ1) is 20.9. The summed E-state index contributed by atoms with van der Waals surface area (Å²) in [7, 11) is 0. The summed E-state index contributed by atoms with van der Waals surface area (Å²) in [4.78, 5) is 37.2. The van der Waals surface area contributed by atoms with E-state index in [9.17, 15) is 19.7 Å². The summed E-state index contributed by atoms with van der Waals surface area (Å²) >= 11 is 12.0. The molecule has 1 heterocycles. The molecule has 0 aromatic heterocycles. The first-order valence-electron chi connectivity index (χ1n) is 8.81. The minimum absolute atomic E-state index is 0.0460. The number of para-hydroxylation sites is 1. The first-order valence-corrected chi connectivity index (χ1v) is 9.57. The van der Waals surface area contributed by atoms with Crippen LogP contribution in [0, 0.1) is 10.1 Å². The smallest absolute Gasteiger partial charge is 0.341 e. The van der Waals surface area contributed by atoms with Gasteiger partial charge in [0.15, 0.2) is 6.61 Å². The van der Waals surface area contributed by atoms with Crippen LogP contribution in [-0.4, -0.2) is 36.5 Å². The molecule has 0 spiro atoms. The number of halogens is 2. The van der Waals surface area contributed by atoms with Crippen molar-refractivity contribution >= 4 is 52.1 Å². The van der Waals surface area contributed by atoms with Gasteiger partial charge in [0.25, 0.3) is 11.6 Å². The van der Waals surface area contributed by atoms with Gasteiger partial charge in [-0.25, -0.2) is 4.79 Å². The number of hydrogen-bond acceptors (Lipinski definition) is 6. The van der Waals surface area contributed by atoms with Gasteiger partial charge < -0.3 is 15.0 Å². The number of ether oxygens (including phenoxy) is 1. The van der Waals surface area contributed by atoms with E-state index in [-0.39, 0.29) is 27.0 Å². The number of rotatable bonds is 6. The van der Waals surface area contributed by atoms with Gasteiger partial charge in [0.2, 0.25) is 0 Å². The first-order chi connectivity index (χ1) is 13.9. The third kappa shape index (κ3) is 4.96. The highest BCUT2D eigenvalue weighted by atomic mass is 35.5. The molecule has 0 aliphatic carbocycles. The fraction of sp³-hybridized carbons (Fsp3) is 0.263. The lowest BCUT2D eigenvalue weighted by Crippen LogP contribution is -2.24. The van der Waals surface area contributed by atoms with Gasteiger partial charge in [-0.15, -0.1) is 0 Å². The number of nitrogens with zero attached hydrogens (tertiary/aromatic N) is 2. The molecule has 2 aromatic rings. The molecule has 0 unspecified atom stereocenters. The van der Waals surface area contributed by atoms with Gasteiger partial charge in [-0.05, 0) is 31.0 Å². The van der Waals surface area contributed by atoms with E-state index in [0.29, 0.717) is 5.69 Å². The quantitative estimate of drug-likeness (QED) is 0.410. The summed E-state index contributed by atoms with van der Waals surface area (Å²) in [5, 5.41) is 14.1.